The third-order valence-electron chi connectivity index (χ3n) is 5.33. The standard InChI is InChI=1S/C21H22ClN3O3S/c22-17-6-8-18(9-7-17)29(27,28)25-13-11-24(12-14-25)21(26)10-5-16-15-23-20-4-2-1-3-19(16)20/h1-4,6-9,15,23H,5,10-14H2. The average molecular weight is 432 g/mol. The number of fused-ring (bicyclic) bond motifs is 1. The number of piperazine rings is 1. The third kappa shape index (κ3) is 4.17. The number of aromatic amines is 1. The van der Waals surface area contributed by atoms with Crippen molar-refractivity contribution in [1.29, 1.82) is 0 Å². The molecule has 8 heteroatoms. The second kappa shape index (κ2) is 8.18. The van der Waals surface area contributed by atoms with Crippen LogP contribution in [0.25, 0.3) is 10.9 Å². The first-order chi connectivity index (χ1) is 13.9. The van der Waals surface area contributed by atoms with Crippen molar-refractivity contribution in [2.24, 2.45) is 0 Å². The molecule has 1 aromatic heterocycles. The van der Waals surface area contributed by atoms with E-state index in [1.54, 1.807) is 17.0 Å². The molecule has 4 rings (SSSR count). The van der Waals surface area contributed by atoms with Gasteiger partial charge in [0.05, 0.1) is 4.90 Å². The van der Waals surface area contributed by atoms with Gasteiger partial charge in [0.25, 0.3) is 0 Å². The molecule has 0 spiro atoms. The lowest BCUT2D eigenvalue weighted by Crippen LogP contribution is -2.50. The summed E-state index contributed by atoms with van der Waals surface area (Å²) >= 11 is 5.85. The number of amides is 1. The Hall–Kier alpha value is -2.35. The van der Waals surface area contributed by atoms with E-state index in [0.717, 1.165) is 16.5 Å². The summed E-state index contributed by atoms with van der Waals surface area (Å²) in [5.74, 6) is 0.0545. The van der Waals surface area contributed by atoms with E-state index in [2.05, 4.69) is 4.98 Å². The van der Waals surface area contributed by atoms with Gasteiger partial charge in [0.2, 0.25) is 15.9 Å². The fraction of sp³-hybridized carbons (Fsp3) is 0.286. The molecule has 152 valence electrons. The quantitative estimate of drug-likeness (QED) is 0.673. The minimum absolute atomic E-state index is 0.0545. The summed E-state index contributed by atoms with van der Waals surface area (Å²) in [4.78, 5) is 17.8. The Morgan fingerprint density at radius 1 is 1.00 bits per heavy atom. The molecule has 0 atom stereocenters. The molecule has 0 bridgehead atoms. The van der Waals surface area contributed by atoms with Crippen LogP contribution in [0.5, 0.6) is 0 Å². The van der Waals surface area contributed by atoms with Gasteiger partial charge in [0, 0.05) is 54.7 Å². The predicted octanol–water partition coefficient (Wildman–Crippen LogP) is 3.29. The molecule has 1 saturated heterocycles. The summed E-state index contributed by atoms with van der Waals surface area (Å²) in [7, 11) is -3.57. The minimum atomic E-state index is -3.57. The van der Waals surface area contributed by atoms with Crippen LogP contribution in [0.3, 0.4) is 0 Å². The average Bonchev–Trinajstić information content (AvgIpc) is 3.15. The number of nitrogens with zero attached hydrogens (tertiary/aromatic N) is 2. The van der Waals surface area contributed by atoms with Crippen LogP contribution in [0.2, 0.25) is 5.02 Å². The number of hydrogen-bond acceptors (Lipinski definition) is 3. The highest BCUT2D eigenvalue weighted by molar-refractivity contribution is 7.89. The van der Waals surface area contributed by atoms with E-state index in [0.29, 0.717) is 44.0 Å². The second-order valence-corrected chi connectivity index (χ2v) is 9.47. The highest BCUT2D eigenvalue weighted by Gasteiger charge is 2.30. The highest BCUT2D eigenvalue weighted by Crippen LogP contribution is 2.21. The number of sulfonamides is 1. The number of benzene rings is 2. The van der Waals surface area contributed by atoms with E-state index >= 15 is 0 Å². The maximum atomic E-state index is 12.8. The monoisotopic (exact) mass is 431 g/mol. The normalized spacial score (nSPS) is 15.7. The molecule has 3 aromatic rings. The molecule has 0 saturated carbocycles. The fourth-order valence-corrected chi connectivity index (χ4v) is 5.22. The summed E-state index contributed by atoms with van der Waals surface area (Å²) in [6, 6.07) is 14.2. The largest absolute Gasteiger partial charge is 0.361 e. The first kappa shape index (κ1) is 19.9. The number of carbonyl (C=O) groups is 1. The topological polar surface area (TPSA) is 73.5 Å². The SMILES string of the molecule is O=C(CCc1c[nH]c2ccccc12)N1CCN(S(=O)(=O)c2ccc(Cl)cc2)CC1. The van der Waals surface area contributed by atoms with Crippen molar-refractivity contribution in [3.05, 3.63) is 65.3 Å². The number of aryl methyl sites for hydroxylation is 1. The van der Waals surface area contributed by atoms with Crippen molar-refractivity contribution in [2.75, 3.05) is 26.2 Å². The Morgan fingerprint density at radius 3 is 2.41 bits per heavy atom. The van der Waals surface area contributed by atoms with Gasteiger partial charge in [-0.3, -0.25) is 4.79 Å². The third-order valence-corrected chi connectivity index (χ3v) is 7.49. The molecule has 2 heterocycles. The van der Waals surface area contributed by atoms with Crippen LogP contribution in [-0.4, -0.2) is 54.7 Å². The van der Waals surface area contributed by atoms with Crippen molar-refractivity contribution < 1.29 is 13.2 Å². The molecule has 1 fully saturated rings. The first-order valence-corrected chi connectivity index (χ1v) is 11.4. The van der Waals surface area contributed by atoms with Crippen molar-refractivity contribution in [1.82, 2.24) is 14.2 Å². The molecule has 0 aliphatic carbocycles. The number of rotatable bonds is 5. The Balaban J connectivity index is 1.34. The van der Waals surface area contributed by atoms with E-state index in [-0.39, 0.29) is 10.8 Å². The molecule has 0 unspecified atom stereocenters. The summed E-state index contributed by atoms with van der Waals surface area (Å²) in [5, 5.41) is 1.63. The van der Waals surface area contributed by atoms with Crippen LogP contribution >= 0.6 is 11.6 Å². The predicted molar refractivity (Wildman–Crippen MR) is 113 cm³/mol. The van der Waals surface area contributed by atoms with Crippen molar-refractivity contribution >= 4 is 38.4 Å². The Morgan fingerprint density at radius 2 is 1.69 bits per heavy atom. The Kier molecular flexibility index (Phi) is 5.63. The van der Waals surface area contributed by atoms with Gasteiger partial charge in [-0.2, -0.15) is 4.31 Å². The second-order valence-electron chi connectivity index (χ2n) is 7.10. The van der Waals surface area contributed by atoms with E-state index in [9.17, 15) is 13.2 Å². The number of H-pyrrole nitrogens is 1. The molecule has 2 aromatic carbocycles. The Bertz CT molecular complexity index is 1120. The maximum absolute atomic E-state index is 12.8. The van der Waals surface area contributed by atoms with E-state index in [4.69, 9.17) is 11.6 Å². The highest BCUT2D eigenvalue weighted by atomic mass is 35.5. The van der Waals surface area contributed by atoms with E-state index in [1.165, 1.54) is 16.4 Å². The van der Waals surface area contributed by atoms with Gasteiger partial charge in [-0.1, -0.05) is 29.8 Å². The first-order valence-electron chi connectivity index (χ1n) is 9.53. The van der Waals surface area contributed by atoms with Gasteiger partial charge in [-0.15, -0.1) is 0 Å². The number of para-hydroxylation sites is 1. The molecule has 1 aliphatic heterocycles. The maximum Gasteiger partial charge on any atom is 0.243 e. The van der Waals surface area contributed by atoms with Crippen molar-refractivity contribution in [3.63, 3.8) is 0 Å². The summed E-state index contributed by atoms with van der Waals surface area (Å²) in [6.45, 7) is 1.40. The summed E-state index contributed by atoms with van der Waals surface area (Å²) in [5.41, 5.74) is 2.19. The zero-order valence-corrected chi connectivity index (χ0v) is 17.4. The molecule has 0 radical (unpaired) electrons. The van der Waals surface area contributed by atoms with Gasteiger partial charge in [-0.25, -0.2) is 8.42 Å². The van der Waals surface area contributed by atoms with E-state index in [1.807, 2.05) is 30.5 Å². The number of carbonyl (C=O) groups excluding carboxylic acids is 1. The zero-order chi connectivity index (χ0) is 20.4. The number of nitrogens with one attached hydrogen (secondary N) is 1. The number of hydrogen-bond donors (Lipinski definition) is 1. The van der Waals surface area contributed by atoms with Gasteiger partial charge >= 0.3 is 0 Å². The Labute approximate surface area is 175 Å². The van der Waals surface area contributed by atoms with Crippen LogP contribution in [0.4, 0.5) is 0 Å². The number of halogens is 1. The zero-order valence-electron chi connectivity index (χ0n) is 15.8. The lowest BCUT2D eigenvalue weighted by Gasteiger charge is -2.34. The van der Waals surface area contributed by atoms with Gasteiger partial charge in [0.15, 0.2) is 0 Å². The van der Waals surface area contributed by atoms with Crippen LogP contribution in [-0.2, 0) is 21.2 Å². The fourth-order valence-electron chi connectivity index (χ4n) is 3.67. The van der Waals surface area contributed by atoms with Gasteiger partial charge < -0.3 is 9.88 Å². The van der Waals surface area contributed by atoms with Crippen LogP contribution in [0.15, 0.2) is 59.6 Å². The van der Waals surface area contributed by atoms with Crippen LogP contribution in [0.1, 0.15) is 12.0 Å². The minimum Gasteiger partial charge on any atom is -0.361 e. The molecule has 1 aliphatic rings. The van der Waals surface area contributed by atoms with Crippen molar-refractivity contribution in [3.8, 4) is 0 Å². The molecular weight excluding hydrogens is 410 g/mol. The molecule has 1 N–H and O–H groups in total. The molecule has 6 nitrogen and oxygen atoms in total. The van der Waals surface area contributed by atoms with Crippen LogP contribution in [0, 0.1) is 0 Å². The van der Waals surface area contributed by atoms with Crippen molar-refractivity contribution in [2.45, 2.75) is 17.7 Å². The molecular formula is C21H22ClN3O3S. The lowest BCUT2D eigenvalue weighted by atomic mass is 10.1. The summed E-state index contributed by atoms with van der Waals surface area (Å²) < 4.78 is 26.9. The lowest BCUT2D eigenvalue weighted by molar-refractivity contribution is -0.132. The summed E-state index contributed by atoms with van der Waals surface area (Å²) in [6.07, 6.45) is 3.02. The van der Waals surface area contributed by atoms with Crippen LogP contribution < -0.4 is 0 Å². The molecule has 1 amide bonds. The smallest absolute Gasteiger partial charge is 0.243 e. The number of aromatic nitrogens is 1. The van der Waals surface area contributed by atoms with Gasteiger partial charge in [0.1, 0.15) is 0 Å². The molecule has 29 heavy (non-hydrogen) atoms. The van der Waals surface area contributed by atoms with E-state index < -0.39 is 10.0 Å². The van der Waals surface area contributed by atoms with Gasteiger partial charge in [-0.05, 0) is 42.3 Å².